The fraction of sp³-hybridized carbons (Fsp3) is 0.192. The van der Waals surface area contributed by atoms with E-state index in [1.54, 1.807) is 0 Å². The summed E-state index contributed by atoms with van der Waals surface area (Å²) >= 11 is 11.8. The molecule has 4 aromatic rings. The molecule has 31 heavy (non-hydrogen) atoms. The van der Waals surface area contributed by atoms with Gasteiger partial charge in [0, 0.05) is 53.5 Å². The number of halogens is 2. The number of nitrogens with one attached hydrogen (secondary N) is 1. The molecule has 0 aliphatic carbocycles. The van der Waals surface area contributed by atoms with Gasteiger partial charge in [-0.2, -0.15) is 0 Å². The quantitative estimate of drug-likeness (QED) is 0.283. The normalized spacial score (nSPS) is 10.9. The van der Waals surface area contributed by atoms with Gasteiger partial charge in [0.1, 0.15) is 0 Å². The van der Waals surface area contributed by atoms with E-state index in [0.29, 0.717) is 11.8 Å². The van der Waals surface area contributed by atoms with Crippen molar-refractivity contribution < 1.29 is 0 Å². The summed E-state index contributed by atoms with van der Waals surface area (Å²) in [5, 5.41) is 4.63. The molecule has 1 heterocycles. The monoisotopic (exact) mass is 449 g/mol. The molecule has 1 N–H and O–H groups in total. The van der Waals surface area contributed by atoms with Crippen molar-refractivity contribution in [2.75, 3.05) is 35.1 Å². The molecule has 0 aliphatic heterocycles. The molecule has 3 nitrogen and oxygen atoms in total. The van der Waals surface area contributed by atoms with Crippen LogP contribution in [0.25, 0.3) is 10.9 Å². The molecule has 0 unspecified atom stereocenters. The van der Waals surface area contributed by atoms with Gasteiger partial charge in [0.25, 0.3) is 0 Å². The van der Waals surface area contributed by atoms with Crippen molar-refractivity contribution in [1.82, 2.24) is 4.98 Å². The number of fused-ring (bicyclic) bond motifs is 1. The Morgan fingerprint density at radius 3 is 2.06 bits per heavy atom. The lowest BCUT2D eigenvalue weighted by atomic mass is 10.0. The summed E-state index contributed by atoms with van der Waals surface area (Å²) in [6.45, 7) is 1.60. The fourth-order valence-corrected chi connectivity index (χ4v) is 4.11. The molecule has 158 valence electrons. The van der Waals surface area contributed by atoms with Crippen molar-refractivity contribution in [3.63, 3.8) is 0 Å². The average Bonchev–Trinajstić information content (AvgIpc) is 2.81. The van der Waals surface area contributed by atoms with Gasteiger partial charge < -0.3 is 10.2 Å². The standard InChI is InChI=1S/C26H25Cl2N3/c27-14-17-31(18-15-28)23-11-7-21(8-12-23)19-20-5-9-22(10-6-20)30-26-13-16-29-25-4-2-1-3-24(25)26/h1-13,16H,14-15,17-19H2,(H,29,30). The average molecular weight is 450 g/mol. The minimum Gasteiger partial charge on any atom is -0.369 e. The zero-order valence-corrected chi connectivity index (χ0v) is 18.8. The minimum atomic E-state index is 0.592. The van der Waals surface area contributed by atoms with Gasteiger partial charge >= 0.3 is 0 Å². The molecule has 0 atom stereocenters. The molecule has 1 aromatic heterocycles. The largest absolute Gasteiger partial charge is 0.369 e. The van der Waals surface area contributed by atoms with Crippen molar-refractivity contribution in [2.45, 2.75) is 6.42 Å². The summed E-state index contributed by atoms with van der Waals surface area (Å²) in [6, 6.07) is 27.4. The lowest BCUT2D eigenvalue weighted by Gasteiger charge is -2.23. The maximum atomic E-state index is 5.92. The second-order valence-corrected chi connectivity index (χ2v) is 8.16. The maximum Gasteiger partial charge on any atom is 0.0722 e. The van der Waals surface area contributed by atoms with E-state index >= 15 is 0 Å². The van der Waals surface area contributed by atoms with Crippen molar-refractivity contribution in [3.8, 4) is 0 Å². The van der Waals surface area contributed by atoms with Gasteiger partial charge in [-0.1, -0.05) is 42.5 Å². The summed E-state index contributed by atoms with van der Waals surface area (Å²) in [6.07, 6.45) is 2.73. The Hall–Kier alpha value is -2.75. The first-order chi connectivity index (χ1) is 15.3. The summed E-state index contributed by atoms with van der Waals surface area (Å²) in [4.78, 5) is 6.64. The molecule has 0 bridgehead atoms. The van der Waals surface area contributed by atoms with E-state index in [1.165, 1.54) is 11.1 Å². The second kappa shape index (κ2) is 10.5. The van der Waals surface area contributed by atoms with Crippen LogP contribution in [0, 0.1) is 0 Å². The number of para-hydroxylation sites is 1. The third kappa shape index (κ3) is 5.49. The second-order valence-electron chi connectivity index (χ2n) is 7.41. The number of hydrogen-bond donors (Lipinski definition) is 1. The van der Waals surface area contributed by atoms with E-state index in [9.17, 15) is 0 Å². The van der Waals surface area contributed by atoms with Crippen LogP contribution in [0.5, 0.6) is 0 Å². The van der Waals surface area contributed by atoms with Crippen LogP contribution in [0.15, 0.2) is 85.1 Å². The highest BCUT2D eigenvalue weighted by Crippen LogP contribution is 2.25. The Morgan fingerprint density at radius 1 is 0.742 bits per heavy atom. The fourth-order valence-electron chi connectivity index (χ4n) is 3.70. The van der Waals surface area contributed by atoms with E-state index in [-0.39, 0.29) is 0 Å². The topological polar surface area (TPSA) is 28.2 Å². The molecule has 0 spiro atoms. The lowest BCUT2D eigenvalue weighted by Crippen LogP contribution is -2.27. The molecule has 3 aromatic carbocycles. The van der Waals surface area contributed by atoms with Crippen molar-refractivity contribution in [1.29, 1.82) is 0 Å². The lowest BCUT2D eigenvalue weighted by molar-refractivity contribution is 0.873. The summed E-state index contributed by atoms with van der Waals surface area (Å²) in [7, 11) is 0. The molecular formula is C26H25Cl2N3. The van der Waals surface area contributed by atoms with E-state index < -0.39 is 0 Å². The molecule has 0 saturated carbocycles. The van der Waals surface area contributed by atoms with Gasteiger partial charge in [-0.15, -0.1) is 23.2 Å². The summed E-state index contributed by atoms with van der Waals surface area (Å²) in [5.41, 5.74) is 6.83. The highest BCUT2D eigenvalue weighted by molar-refractivity contribution is 6.18. The van der Waals surface area contributed by atoms with E-state index in [1.807, 2.05) is 30.5 Å². The Bertz CT molecular complexity index is 1100. The number of pyridine rings is 1. The smallest absolute Gasteiger partial charge is 0.0722 e. The van der Waals surface area contributed by atoms with Crippen LogP contribution in [-0.2, 0) is 6.42 Å². The third-order valence-corrected chi connectivity index (χ3v) is 5.64. The van der Waals surface area contributed by atoms with Crippen LogP contribution in [0.2, 0.25) is 0 Å². The molecule has 0 fully saturated rings. The first-order valence-electron chi connectivity index (χ1n) is 10.4. The van der Waals surface area contributed by atoms with Crippen LogP contribution in [-0.4, -0.2) is 29.8 Å². The van der Waals surface area contributed by atoms with Gasteiger partial charge in [-0.25, -0.2) is 0 Å². The predicted octanol–water partition coefficient (Wildman–Crippen LogP) is 6.85. The van der Waals surface area contributed by atoms with Gasteiger partial charge in [-0.3, -0.25) is 4.98 Å². The SMILES string of the molecule is ClCCN(CCCl)c1ccc(Cc2ccc(Nc3ccnc4ccccc34)cc2)cc1. The number of anilines is 3. The predicted molar refractivity (Wildman–Crippen MR) is 134 cm³/mol. The Labute approximate surface area is 193 Å². The van der Waals surface area contributed by atoms with Gasteiger partial charge in [-0.05, 0) is 53.9 Å². The zero-order valence-electron chi connectivity index (χ0n) is 17.3. The molecule has 0 saturated heterocycles. The number of aromatic nitrogens is 1. The molecule has 0 amide bonds. The number of benzene rings is 3. The number of rotatable bonds is 9. The molecule has 0 aliphatic rings. The van der Waals surface area contributed by atoms with E-state index in [2.05, 4.69) is 69.8 Å². The molecule has 0 radical (unpaired) electrons. The van der Waals surface area contributed by atoms with Crippen LogP contribution in [0.4, 0.5) is 17.1 Å². The van der Waals surface area contributed by atoms with Gasteiger partial charge in [0.2, 0.25) is 0 Å². The number of hydrogen-bond acceptors (Lipinski definition) is 3. The Kier molecular flexibility index (Phi) is 7.29. The van der Waals surface area contributed by atoms with Crippen molar-refractivity contribution in [3.05, 3.63) is 96.2 Å². The molecule has 5 heteroatoms. The van der Waals surface area contributed by atoms with E-state index in [4.69, 9.17) is 23.2 Å². The zero-order chi connectivity index (χ0) is 21.5. The van der Waals surface area contributed by atoms with Crippen LogP contribution >= 0.6 is 23.2 Å². The van der Waals surface area contributed by atoms with Gasteiger partial charge in [0.05, 0.1) is 5.52 Å². The van der Waals surface area contributed by atoms with Gasteiger partial charge in [0.15, 0.2) is 0 Å². The van der Waals surface area contributed by atoms with Crippen molar-refractivity contribution >= 4 is 51.2 Å². The Morgan fingerprint density at radius 2 is 1.39 bits per heavy atom. The number of nitrogens with zero attached hydrogens (tertiary/aromatic N) is 2. The maximum absolute atomic E-state index is 5.92. The van der Waals surface area contributed by atoms with Crippen LogP contribution in [0.1, 0.15) is 11.1 Å². The highest BCUT2D eigenvalue weighted by atomic mass is 35.5. The summed E-state index contributed by atoms with van der Waals surface area (Å²) in [5.74, 6) is 1.18. The third-order valence-electron chi connectivity index (χ3n) is 5.30. The number of alkyl halides is 2. The molecular weight excluding hydrogens is 425 g/mol. The van der Waals surface area contributed by atoms with Crippen molar-refractivity contribution in [2.24, 2.45) is 0 Å². The minimum absolute atomic E-state index is 0.592. The highest BCUT2D eigenvalue weighted by Gasteiger charge is 2.06. The van der Waals surface area contributed by atoms with E-state index in [0.717, 1.165) is 47.5 Å². The van der Waals surface area contributed by atoms with Crippen LogP contribution in [0.3, 0.4) is 0 Å². The first kappa shape index (κ1) is 21.5. The Balaban J connectivity index is 1.42. The van der Waals surface area contributed by atoms with Crippen LogP contribution < -0.4 is 10.2 Å². The first-order valence-corrected chi connectivity index (χ1v) is 11.5. The molecule has 4 rings (SSSR count). The summed E-state index contributed by atoms with van der Waals surface area (Å²) < 4.78 is 0.